The number of anilines is 2. The summed E-state index contributed by atoms with van der Waals surface area (Å²) in [7, 11) is 0. The fraction of sp³-hybridized carbons (Fsp3) is 0.286. The fourth-order valence-corrected chi connectivity index (χ4v) is 3.14. The lowest BCUT2D eigenvalue weighted by Gasteiger charge is -2.18. The predicted molar refractivity (Wildman–Crippen MR) is 109 cm³/mol. The summed E-state index contributed by atoms with van der Waals surface area (Å²) >= 11 is 0. The van der Waals surface area contributed by atoms with Gasteiger partial charge in [-0.15, -0.1) is 0 Å². The molecule has 3 aromatic rings. The second kappa shape index (κ2) is 8.84. The molecule has 0 saturated carbocycles. The van der Waals surface area contributed by atoms with E-state index in [1.807, 2.05) is 24.4 Å². The highest BCUT2D eigenvalue weighted by Crippen LogP contribution is 2.21. The molecule has 0 bridgehead atoms. The van der Waals surface area contributed by atoms with Crippen molar-refractivity contribution >= 4 is 28.3 Å². The van der Waals surface area contributed by atoms with E-state index in [2.05, 4.69) is 33.9 Å². The van der Waals surface area contributed by atoms with Gasteiger partial charge in [-0.3, -0.25) is 0 Å². The van der Waals surface area contributed by atoms with Gasteiger partial charge in [0.05, 0.1) is 5.69 Å². The Balaban J connectivity index is 1.66. The first kappa shape index (κ1) is 19.8. The van der Waals surface area contributed by atoms with Gasteiger partial charge in [0.2, 0.25) is 0 Å². The number of hydrogen-bond donors (Lipinski definition) is 2. The summed E-state index contributed by atoms with van der Waals surface area (Å²) < 4.78 is 28.8. The number of hydrogen-bond acceptors (Lipinski definition) is 2. The van der Waals surface area contributed by atoms with Crippen molar-refractivity contribution in [2.24, 2.45) is 0 Å². The van der Waals surface area contributed by atoms with Gasteiger partial charge in [-0.1, -0.05) is 13.8 Å². The second-order valence-electron chi connectivity index (χ2n) is 6.51. The van der Waals surface area contributed by atoms with Crippen LogP contribution in [0.15, 0.2) is 48.7 Å². The lowest BCUT2D eigenvalue weighted by atomic mass is 10.2. The lowest BCUT2D eigenvalue weighted by molar-refractivity contribution is 0.262. The van der Waals surface area contributed by atoms with E-state index >= 15 is 0 Å². The Morgan fingerprint density at radius 1 is 1.04 bits per heavy atom. The van der Waals surface area contributed by atoms with Gasteiger partial charge in [-0.05, 0) is 49.5 Å². The molecular weight excluding hydrogens is 362 g/mol. The van der Waals surface area contributed by atoms with Crippen molar-refractivity contribution in [2.75, 3.05) is 30.3 Å². The SMILES string of the molecule is CCN(CC)CCn1ccc2cc(NC(=O)Nc3ccc(F)cc3F)ccc21. The Bertz CT molecular complexity index is 966. The number of carbonyl (C=O) groups is 1. The van der Waals surface area contributed by atoms with Crippen molar-refractivity contribution in [1.82, 2.24) is 9.47 Å². The Morgan fingerprint density at radius 2 is 1.82 bits per heavy atom. The van der Waals surface area contributed by atoms with Gasteiger partial charge < -0.3 is 20.1 Å². The number of aromatic nitrogens is 1. The smallest absolute Gasteiger partial charge is 0.323 e. The maximum Gasteiger partial charge on any atom is 0.323 e. The van der Waals surface area contributed by atoms with Crippen LogP contribution in [0.25, 0.3) is 10.9 Å². The first-order chi connectivity index (χ1) is 13.5. The highest BCUT2D eigenvalue weighted by atomic mass is 19.1. The second-order valence-corrected chi connectivity index (χ2v) is 6.51. The quantitative estimate of drug-likeness (QED) is 0.606. The summed E-state index contributed by atoms with van der Waals surface area (Å²) in [6, 6.07) is 10.0. The molecule has 5 nitrogen and oxygen atoms in total. The topological polar surface area (TPSA) is 49.3 Å². The van der Waals surface area contributed by atoms with Crippen molar-refractivity contribution < 1.29 is 13.6 Å². The molecule has 0 fully saturated rings. The third-order valence-corrected chi connectivity index (χ3v) is 4.76. The van der Waals surface area contributed by atoms with E-state index < -0.39 is 17.7 Å². The molecule has 0 atom stereocenters. The molecule has 0 radical (unpaired) electrons. The van der Waals surface area contributed by atoms with Crippen molar-refractivity contribution in [3.8, 4) is 0 Å². The van der Waals surface area contributed by atoms with Gasteiger partial charge >= 0.3 is 6.03 Å². The zero-order chi connectivity index (χ0) is 20.1. The van der Waals surface area contributed by atoms with E-state index in [-0.39, 0.29) is 5.69 Å². The van der Waals surface area contributed by atoms with Crippen LogP contribution < -0.4 is 10.6 Å². The molecule has 1 heterocycles. The fourth-order valence-electron chi connectivity index (χ4n) is 3.14. The van der Waals surface area contributed by atoms with E-state index in [9.17, 15) is 13.6 Å². The van der Waals surface area contributed by atoms with Gasteiger partial charge in [0, 0.05) is 41.9 Å². The molecule has 148 valence electrons. The molecular formula is C21H24F2N4O. The maximum absolute atomic E-state index is 13.7. The molecule has 0 saturated heterocycles. The molecule has 2 aromatic carbocycles. The largest absolute Gasteiger partial charge is 0.346 e. The predicted octanol–water partition coefficient (Wildman–Crippen LogP) is 4.91. The normalized spacial score (nSPS) is 11.2. The average molecular weight is 386 g/mol. The van der Waals surface area contributed by atoms with Gasteiger partial charge in [0.1, 0.15) is 11.6 Å². The van der Waals surface area contributed by atoms with Crippen LogP contribution in [0.4, 0.5) is 25.0 Å². The summed E-state index contributed by atoms with van der Waals surface area (Å²) in [6.07, 6.45) is 2.03. The van der Waals surface area contributed by atoms with Crippen molar-refractivity contribution in [1.29, 1.82) is 0 Å². The first-order valence-electron chi connectivity index (χ1n) is 9.34. The minimum atomic E-state index is -0.823. The van der Waals surface area contributed by atoms with Crippen molar-refractivity contribution in [2.45, 2.75) is 20.4 Å². The molecule has 2 N–H and O–H groups in total. The monoisotopic (exact) mass is 386 g/mol. The lowest BCUT2D eigenvalue weighted by Crippen LogP contribution is -2.26. The van der Waals surface area contributed by atoms with Crippen molar-refractivity contribution in [3.63, 3.8) is 0 Å². The number of amides is 2. The number of halogens is 2. The third kappa shape index (κ3) is 4.67. The highest BCUT2D eigenvalue weighted by Gasteiger charge is 2.09. The Morgan fingerprint density at radius 3 is 2.54 bits per heavy atom. The number of benzene rings is 2. The van der Waals surface area contributed by atoms with Crippen LogP contribution in [0.5, 0.6) is 0 Å². The Labute approximate surface area is 162 Å². The van der Waals surface area contributed by atoms with Crippen LogP contribution in [-0.2, 0) is 6.54 Å². The number of nitrogens with zero attached hydrogens (tertiary/aromatic N) is 2. The Hall–Kier alpha value is -2.93. The summed E-state index contributed by atoms with van der Waals surface area (Å²) in [5.41, 5.74) is 1.60. The number of nitrogens with one attached hydrogen (secondary N) is 2. The molecule has 0 aliphatic carbocycles. The van der Waals surface area contributed by atoms with Crippen LogP contribution in [0, 0.1) is 11.6 Å². The maximum atomic E-state index is 13.7. The number of rotatable bonds is 7. The summed E-state index contributed by atoms with van der Waals surface area (Å²) in [6.45, 7) is 8.21. The van der Waals surface area contributed by atoms with E-state index in [0.29, 0.717) is 5.69 Å². The highest BCUT2D eigenvalue weighted by molar-refractivity contribution is 6.01. The third-order valence-electron chi connectivity index (χ3n) is 4.76. The molecule has 2 amide bonds. The standard InChI is InChI=1S/C21H24F2N4O/c1-3-26(4-2)11-12-27-10-9-15-13-17(6-8-20(15)27)24-21(28)25-19-7-5-16(22)14-18(19)23/h5-10,13-14H,3-4,11-12H2,1-2H3,(H2,24,25,28). The molecule has 0 aliphatic heterocycles. The summed E-state index contributed by atoms with van der Waals surface area (Å²) in [4.78, 5) is 14.5. The van der Waals surface area contributed by atoms with E-state index in [1.165, 1.54) is 6.07 Å². The van der Waals surface area contributed by atoms with Crippen LogP contribution in [0.1, 0.15) is 13.8 Å². The van der Waals surface area contributed by atoms with E-state index in [0.717, 1.165) is 49.2 Å². The molecule has 0 spiro atoms. The minimum Gasteiger partial charge on any atom is -0.346 e. The van der Waals surface area contributed by atoms with Crippen molar-refractivity contribution in [3.05, 3.63) is 60.3 Å². The number of urea groups is 1. The molecule has 0 aliphatic rings. The van der Waals surface area contributed by atoms with Gasteiger partial charge in [-0.25, -0.2) is 13.6 Å². The summed E-state index contributed by atoms with van der Waals surface area (Å²) in [5, 5.41) is 6.06. The minimum absolute atomic E-state index is 0.0810. The van der Waals surface area contributed by atoms with Crippen LogP contribution in [-0.4, -0.2) is 35.1 Å². The molecule has 3 rings (SSSR count). The molecule has 1 aromatic heterocycles. The molecule has 0 unspecified atom stereocenters. The molecule has 7 heteroatoms. The number of fused-ring (bicyclic) bond motifs is 1. The average Bonchev–Trinajstić information content (AvgIpc) is 3.07. The van der Waals surface area contributed by atoms with Crippen LogP contribution in [0.3, 0.4) is 0 Å². The van der Waals surface area contributed by atoms with Gasteiger partial charge in [0.15, 0.2) is 0 Å². The zero-order valence-corrected chi connectivity index (χ0v) is 16.0. The summed E-state index contributed by atoms with van der Waals surface area (Å²) in [5.74, 6) is -1.52. The molecule has 28 heavy (non-hydrogen) atoms. The van der Waals surface area contributed by atoms with E-state index in [4.69, 9.17) is 0 Å². The first-order valence-corrected chi connectivity index (χ1v) is 9.34. The number of likely N-dealkylation sites (N-methyl/N-ethyl adjacent to an activating group) is 1. The van der Waals surface area contributed by atoms with Crippen LogP contribution >= 0.6 is 0 Å². The van der Waals surface area contributed by atoms with Crippen LogP contribution in [0.2, 0.25) is 0 Å². The number of carbonyl (C=O) groups excluding carboxylic acids is 1. The van der Waals surface area contributed by atoms with Gasteiger partial charge in [0.25, 0.3) is 0 Å². The Kier molecular flexibility index (Phi) is 6.26. The zero-order valence-electron chi connectivity index (χ0n) is 16.0. The van der Waals surface area contributed by atoms with Gasteiger partial charge in [-0.2, -0.15) is 0 Å². The van der Waals surface area contributed by atoms with E-state index in [1.54, 1.807) is 6.07 Å².